The normalized spacial score (nSPS) is 34.9. The van der Waals surface area contributed by atoms with Crippen molar-refractivity contribution in [2.75, 3.05) is 19.7 Å². The molecule has 5 atom stereocenters. The predicted molar refractivity (Wildman–Crippen MR) is 108 cm³/mol. The summed E-state index contributed by atoms with van der Waals surface area (Å²) in [6.07, 6.45) is 8.21. The number of nitrogens with zero attached hydrogens (tertiary/aromatic N) is 1. The van der Waals surface area contributed by atoms with Crippen LogP contribution in [0.3, 0.4) is 0 Å². The highest BCUT2D eigenvalue weighted by atomic mass is 16.7. The van der Waals surface area contributed by atoms with Gasteiger partial charge in [0.25, 0.3) is 0 Å². The molecular weight excluding hydrogens is 354 g/mol. The molecule has 3 fully saturated rings. The third-order valence-electron chi connectivity index (χ3n) is 6.80. The van der Waals surface area contributed by atoms with E-state index in [1.807, 2.05) is 30.3 Å². The van der Waals surface area contributed by atoms with Crippen LogP contribution in [0, 0.1) is 5.92 Å². The molecule has 156 valence electrons. The van der Waals surface area contributed by atoms with E-state index in [1.165, 1.54) is 44.9 Å². The van der Waals surface area contributed by atoms with E-state index in [1.54, 1.807) is 0 Å². The van der Waals surface area contributed by atoms with Crippen LogP contribution >= 0.6 is 0 Å². The molecule has 28 heavy (non-hydrogen) atoms. The van der Waals surface area contributed by atoms with E-state index in [9.17, 15) is 10.2 Å². The number of benzene rings is 1. The van der Waals surface area contributed by atoms with E-state index < -0.39 is 24.6 Å². The summed E-state index contributed by atoms with van der Waals surface area (Å²) in [5, 5.41) is 20.9. The summed E-state index contributed by atoms with van der Waals surface area (Å²) in [5.74, 6) is 0.920. The van der Waals surface area contributed by atoms with Crippen LogP contribution < -0.4 is 0 Å². The Balaban J connectivity index is 1.30. The fourth-order valence-corrected chi connectivity index (χ4v) is 5.14. The Morgan fingerprint density at radius 1 is 1.00 bits per heavy atom. The molecule has 0 bridgehead atoms. The van der Waals surface area contributed by atoms with Crippen LogP contribution in [-0.2, 0) is 9.47 Å². The number of aliphatic hydroxyl groups excluding tert-OH is 2. The Morgan fingerprint density at radius 2 is 1.79 bits per heavy atom. The van der Waals surface area contributed by atoms with Crippen molar-refractivity contribution in [1.29, 1.82) is 0 Å². The molecule has 5 nitrogen and oxygen atoms in total. The van der Waals surface area contributed by atoms with E-state index in [2.05, 4.69) is 4.90 Å². The maximum absolute atomic E-state index is 10.5. The summed E-state index contributed by atoms with van der Waals surface area (Å²) >= 11 is 0. The van der Waals surface area contributed by atoms with Crippen LogP contribution in [0.2, 0.25) is 0 Å². The first-order chi connectivity index (χ1) is 13.7. The molecule has 0 radical (unpaired) electrons. The van der Waals surface area contributed by atoms with Gasteiger partial charge < -0.3 is 19.7 Å². The number of likely N-dealkylation sites (tertiary alicyclic amines) is 1. The van der Waals surface area contributed by atoms with Crippen LogP contribution in [0.15, 0.2) is 30.3 Å². The molecule has 0 amide bonds. The maximum atomic E-state index is 10.5. The van der Waals surface area contributed by atoms with Crippen molar-refractivity contribution in [3.8, 4) is 0 Å². The lowest BCUT2D eigenvalue weighted by Crippen LogP contribution is -2.65. The van der Waals surface area contributed by atoms with Crippen molar-refractivity contribution >= 4 is 0 Å². The summed E-state index contributed by atoms with van der Waals surface area (Å²) in [7, 11) is 0. The van der Waals surface area contributed by atoms with Gasteiger partial charge in [-0.15, -0.1) is 0 Å². The van der Waals surface area contributed by atoms with Crippen molar-refractivity contribution < 1.29 is 19.7 Å². The Morgan fingerprint density at radius 3 is 2.57 bits per heavy atom. The quantitative estimate of drug-likeness (QED) is 0.732. The first-order valence-electron chi connectivity index (χ1n) is 11.1. The lowest BCUT2D eigenvalue weighted by molar-refractivity contribution is -0.287. The molecule has 5 heteroatoms. The zero-order valence-corrected chi connectivity index (χ0v) is 16.8. The standard InChI is InChI=1S/C23H35NO4/c25-20-15-24(14-8-7-11-17-9-3-1-4-10-17)19-16-27-23(28-22(19)21(20)26)18-12-5-2-6-13-18/h2,5-6,12-13,17,19-23,25-26H,1,3-4,7-11,14-16H2/t19?,20-,21+,22+,23?/m0/s1. The monoisotopic (exact) mass is 389 g/mol. The van der Waals surface area contributed by atoms with Gasteiger partial charge in [-0.3, -0.25) is 4.90 Å². The van der Waals surface area contributed by atoms with Gasteiger partial charge in [0.1, 0.15) is 12.2 Å². The van der Waals surface area contributed by atoms with Crippen molar-refractivity contribution in [3.63, 3.8) is 0 Å². The first-order valence-corrected chi connectivity index (χ1v) is 11.1. The highest BCUT2D eigenvalue weighted by molar-refractivity contribution is 5.17. The van der Waals surface area contributed by atoms with E-state index in [4.69, 9.17) is 9.47 Å². The van der Waals surface area contributed by atoms with Gasteiger partial charge in [0.2, 0.25) is 0 Å². The summed E-state index contributed by atoms with van der Waals surface area (Å²) in [6, 6.07) is 9.83. The van der Waals surface area contributed by atoms with Crippen LogP contribution in [0.1, 0.15) is 63.2 Å². The summed E-state index contributed by atoms with van der Waals surface area (Å²) < 4.78 is 12.1. The molecule has 3 aliphatic rings. The molecule has 1 aliphatic carbocycles. The number of fused-ring (bicyclic) bond motifs is 1. The van der Waals surface area contributed by atoms with Gasteiger partial charge in [0.15, 0.2) is 6.29 Å². The molecule has 2 aliphatic heterocycles. The van der Waals surface area contributed by atoms with E-state index >= 15 is 0 Å². The minimum atomic E-state index is -0.862. The first kappa shape index (κ1) is 20.3. The average Bonchev–Trinajstić information content (AvgIpc) is 2.75. The minimum absolute atomic E-state index is 0.00745. The lowest BCUT2D eigenvalue weighted by Gasteiger charge is -2.49. The maximum Gasteiger partial charge on any atom is 0.184 e. The fraction of sp³-hybridized carbons (Fsp3) is 0.739. The highest BCUT2D eigenvalue weighted by Gasteiger charge is 2.47. The number of unbranched alkanes of at least 4 members (excludes halogenated alkanes) is 1. The smallest absolute Gasteiger partial charge is 0.184 e. The molecule has 2 unspecified atom stereocenters. The Kier molecular flexibility index (Phi) is 7.02. The van der Waals surface area contributed by atoms with Gasteiger partial charge in [0.05, 0.1) is 18.8 Å². The van der Waals surface area contributed by atoms with Crippen LogP contribution in [0.4, 0.5) is 0 Å². The van der Waals surface area contributed by atoms with Gasteiger partial charge in [-0.25, -0.2) is 0 Å². The highest BCUT2D eigenvalue weighted by Crippen LogP contribution is 2.34. The number of hydrogen-bond acceptors (Lipinski definition) is 5. The molecule has 4 rings (SSSR count). The number of rotatable bonds is 6. The topological polar surface area (TPSA) is 62.2 Å². The molecule has 2 N–H and O–H groups in total. The van der Waals surface area contributed by atoms with Crippen molar-refractivity contribution in [1.82, 2.24) is 4.90 Å². The van der Waals surface area contributed by atoms with Gasteiger partial charge in [-0.05, 0) is 18.9 Å². The van der Waals surface area contributed by atoms with Crippen LogP contribution in [0.5, 0.6) is 0 Å². The predicted octanol–water partition coefficient (Wildman–Crippen LogP) is 3.26. The van der Waals surface area contributed by atoms with Crippen LogP contribution in [0.25, 0.3) is 0 Å². The molecular formula is C23H35NO4. The number of aliphatic hydroxyl groups is 2. The van der Waals surface area contributed by atoms with Crippen molar-refractivity contribution in [2.24, 2.45) is 5.92 Å². The fourth-order valence-electron chi connectivity index (χ4n) is 5.14. The summed E-state index contributed by atoms with van der Waals surface area (Å²) in [6.45, 7) is 1.95. The molecule has 1 aromatic carbocycles. The minimum Gasteiger partial charge on any atom is -0.389 e. The molecule has 1 aromatic rings. The largest absolute Gasteiger partial charge is 0.389 e. The second-order valence-electron chi connectivity index (χ2n) is 8.80. The Bertz CT molecular complexity index is 592. The number of piperidine rings is 1. The number of hydrogen-bond donors (Lipinski definition) is 2. The lowest BCUT2D eigenvalue weighted by atomic mass is 9.85. The molecule has 0 spiro atoms. The Labute approximate surface area is 168 Å². The third-order valence-corrected chi connectivity index (χ3v) is 6.80. The molecule has 1 saturated carbocycles. The van der Waals surface area contributed by atoms with Gasteiger partial charge in [-0.1, -0.05) is 75.3 Å². The molecule has 0 aromatic heterocycles. The molecule has 2 saturated heterocycles. The summed E-state index contributed by atoms with van der Waals surface area (Å²) in [5.41, 5.74) is 0.951. The van der Waals surface area contributed by atoms with E-state index in [0.29, 0.717) is 13.2 Å². The van der Waals surface area contributed by atoms with Gasteiger partial charge in [-0.2, -0.15) is 0 Å². The van der Waals surface area contributed by atoms with E-state index in [0.717, 1.165) is 24.4 Å². The number of ether oxygens (including phenoxy) is 2. The van der Waals surface area contributed by atoms with Crippen molar-refractivity contribution in [3.05, 3.63) is 35.9 Å². The third kappa shape index (κ3) is 4.77. The van der Waals surface area contributed by atoms with Gasteiger partial charge in [0, 0.05) is 12.1 Å². The zero-order chi connectivity index (χ0) is 19.3. The SMILES string of the molecule is O[C@H]1[C@@H]2OC(c3ccccc3)OCC2N(CCCCC2CCCCC2)C[C@@H]1O. The Hall–Kier alpha value is -0.980. The molecule has 2 heterocycles. The van der Waals surface area contributed by atoms with Crippen molar-refractivity contribution in [2.45, 2.75) is 82.0 Å². The zero-order valence-electron chi connectivity index (χ0n) is 16.8. The average molecular weight is 390 g/mol. The van der Waals surface area contributed by atoms with E-state index in [-0.39, 0.29) is 6.04 Å². The van der Waals surface area contributed by atoms with Crippen LogP contribution in [-0.4, -0.2) is 59.2 Å². The second-order valence-corrected chi connectivity index (χ2v) is 8.80. The van der Waals surface area contributed by atoms with Gasteiger partial charge >= 0.3 is 0 Å². The number of β-amino-alcohol motifs (C(OH)–C–C–N with tert-alkyl or cyclic N) is 1. The summed E-state index contributed by atoms with van der Waals surface area (Å²) in [4.78, 5) is 2.27. The second kappa shape index (κ2) is 9.68.